The van der Waals surface area contributed by atoms with Crippen molar-refractivity contribution in [1.82, 2.24) is 0 Å². The van der Waals surface area contributed by atoms with Crippen LogP contribution in [0, 0.1) is 0 Å². The summed E-state index contributed by atoms with van der Waals surface area (Å²) in [6, 6.07) is 19.3. The summed E-state index contributed by atoms with van der Waals surface area (Å²) in [7, 11) is 0. The van der Waals surface area contributed by atoms with Crippen molar-refractivity contribution >= 4 is 12.1 Å². The third kappa shape index (κ3) is 3.89. The number of rotatable bonds is 7. The van der Waals surface area contributed by atoms with Crippen molar-refractivity contribution in [3.63, 3.8) is 0 Å². The van der Waals surface area contributed by atoms with E-state index in [1.165, 1.54) is 0 Å². The van der Waals surface area contributed by atoms with Crippen LogP contribution >= 0.6 is 0 Å². The summed E-state index contributed by atoms with van der Waals surface area (Å²) in [6.45, 7) is 0. The Balaban J connectivity index is 2.12. The lowest BCUT2D eigenvalue weighted by atomic mass is 9.88. The fourth-order valence-electron chi connectivity index (χ4n) is 2.35. The number of aldehydes is 1. The van der Waals surface area contributed by atoms with Gasteiger partial charge in [-0.2, -0.15) is 0 Å². The molecule has 2 aromatic rings. The van der Waals surface area contributed by atoms with E-state index in [0.29, 0.717) is 19.3 Å². The molecule has 0 spiro atoms. The number of ketones is 1. The van der Waals surface area contributed by atoms with Gasteiger partial charge in [0.25, 0.3) is 0 Å². The number of hydrogen-bond acceptors (Lipinski definition) is 2. The quantitative estimate of drug-likeness (QED) is 0.560. The van der Waals surface area contributed by atoms with Crippen molar-refractivity contribution in [3.8, 4) is 0 Å². The molecule has 0 aliphatic heterocycles. The van der Waals surface area contributed by atoms with Crippen LogP contribution in [0.4, 0.5) is 0 Å². The molecule has 2 aromatic carbocycles. The van der Waals surface area contributed by atoms with Gasteiger partial charge < -0.3 is 4.79 Å². The van der Waals surface area contributed by atoms with Crippen molar-refractivity contribution in [1.29, 1.82) is 0 Å². The molecular weight excluding hydrogens is 248 g/mol. The second-order valence-electron chi connectivity index (χ2n) is 4.84. The lowest BCUT2D eigenvalue weighted by Gasteiger charge is -2.15. The highest BCUT2D eigenvalue weighted by atomic mass is 16.1. The smallest absolute Gasteiger partial charge is 0.163 e. The Morgan fingerprint density at radius 2 is 1.55 bits per heavy atom. The Kier molecular flexibility index (Phi) is 5.24. The summed E-state index contributed by atoms with van der Waals surface area (Å²) in [5, 5.41) is 0. The van der Waals surface area contributed by atoms with E-state index in [4.69, 9.17) is 0 Å². The van der Waals surface area contributed by atoms with E-state index in [1.54, 1.807) is 0 Å². The molecule has 1 atom stereocenters. The summed E-state index contributed by atoms with van der Waals surface area (Å²) in [5.41, 5.74) is 1.86. The average Bonchev–Trinajstić information content (AvgIpc) is 2.53. The van der Waals surface area contributed by atoms with Crippen LogP contribution in [0.3, 0.4) is 0 Å². The second-order valence-corrected chi connectivity index (χ2v) is 4.84. The number of hydrogen-bond donors (Lipinski definition) is 0. The van der Waals surface area contributed by atoms with E-state index in [0.717, 1.165) is 17.4 Å². The molecule has 0 N–H and O–H groups in total. The number of Topliss-reactive ketones (excluding diaryl/α,β-unsaturated/α-hetero) is 1. The fraction of sp³-hybridized carbons (Fsp3) is 0.222. The molecule has 20 heavy (non-hydrogen) atoms. The predicted molar refractivity (Wildman–Crippen MR) is 79.9 cm³/mol. The van der Waals surface area contributed by atoms with E-state index in [9.17, 15) is 9.59 Å². The molecule has 2 nitrogen and oxygen atoms in total. The highest BCUT2D eigenvalue weighted by molar-refractivity contribution is 5.96. The first-order chi connectivity index (χ1) is 9.81. The first-order valence-corrected chi connectivity index (χ1v) is 6.88. The van der Waals surface area contributed by atoms with Gasteiger partial charge >= 0.3 is 0 Å². The first-order valence-electron chi connectivity index (χ1n) is 6.88. The molecule has 0 amide bonds. The highest BCUT2D eigenvalue weighted by Gasteiger charge is 2.16. The standard InChI is InChI=1S/C18H18O2/c19-13-7-12-17(15-8-3-1-4-9-15)14-18(20)16-10-5-2-6-11-16/h1-6,8-11,13,17H,7,12,14H2. The van der Waals surface area contributed by atoms with Gasteiger partial charge in [0.05, 0.1) is 0 Å². The van der Waals surface area contributed by atoms with Crippen LogP contribution in [0.2, 0.25) is 0 Å². The third-order valence-corrected chi connectivity index (χ3v) is 3.43. The monoisotopic (exact) mass is 266 g/mol. The SMILES string of the molecule is O=CCCC(CC(=O)c1ccccc1)c1ccccc1. The van der Waals surface area contributed by atoms with Gasteiger partial charge in [0.15, 0.2) is 5.78 Å². The minimum absolute atomic E-state index is 0.106. The molecule has 0 aliphatic carbocycles. The first kappa shape index (κ1) is 14.2. The zero-order chi connectivity index (χ0) is 14.2. The number of carbonyl (C=O) groups excluding carboxylic acids is 2. The number of benzene rings is 2. The van der Waals surface area contributed by atoms with Crippen LogP contribution in [0.25, 0.3) is 0 Å². The molecule has 0 heterocycles. The topological polar surface area (TPSA) is 34.1 Å². The Morgan fingerprint density at radius 3 is 2.15 bits per heavy atom. The maximum atomic E-state index is 12.3. The predicted octanol–water partition coefficient (Wildman–Crippen LogP) is 4.02. The Morgan fingerprint density at radius 1 is 0.950 bits per heavy atom. The van der Waals surface area contributed by atoms with Crippen LogP contribution < -0.4 is 0 Å². The molecule has 0 bridgehead atoms. The molecule has 2 heteroatoms. The summed E-state index contributed by atoms with van der Waals surface area (Å²) >= 11 is 0. The van der Waals surface area contributed by atoms with Crippen LogP contribution in [0.1, 0.15) is 41.1 Å². The van der Waals surface area contributed by atoms with Gasteiger partial charge in [0.2, 0.25) is 0 Å². The van der Waals surface area contributed by atoms with E-state index in [2.05, 4.69) is 0 Å². The molecular formula is C18H18O2. The molecule has 0 saturated carbocycles. The molecule has 0 aromatic heterocycles. The minimum Gasteiger partial charge on any atom is -0.303 e. The largest absolute Gasteiger partial charge is 0.303 e. The van der Waals surface area contributed by atoms with Crippen LogP contribution in [-0.4, -0.2) is 12.1 Å². The van der Waals surface area contributed by atoms with Crippen molar-refractivity contribution < 1.29 is 9.59 Å². The Bertz CT molecular complexity index is 546. The molecule has 0 radical (unpaired) electrons. The lowest BCUT2D eigenvalue weighted by Crippen LogP contribution is -2.08. The van der Waals surface area contributed by atoms with Gasteiger partial charge in [0.1, 0.15) is 6.29 Å². The van der Waals surface area contributed by atoms with E-state index in [-0.39, 0.29) is 11.7 Å². The van der Waals surface area contributed by atoms with Crippen LogP contribution in [0.5, 0.6) is 0 Å². The van der Waals surface area contributed by atoms with Crippen molar-refractivity contribution in [3.05, 3.63) is 71.8 Å². The summed E-state index contributed by atoms with van der Waals surface area (Å²) in [4.78, 5) is 22.9. The van der Waals surface area contributed by atoms with Crippen LogP contribution in [0.15, 0.2) is 60.7 Å². The number of carbonyl (C=O) groups is 2. The van der Waals surface area contributed by atoms with Gasteiger partial charge in [-0.25, -0.2) is 0 Å². The maximum Gasteiger partial charge on any atom is 0.163 e. The summed E-state index contributed by atoms with van der Waals surface area (Å²) in [6.07, 6.45) is 2.57. The molecule has 0 fully saturated rings. The Labute approximate surface area is 119 Å². The van der Waals surface area contributed by atoms with E-state index >= 15 is 0 Å². The molecule has 2 rings (SSSR count). The average molecular weight is 266 g/mol. The highest BCUT2D eigenvalue weighted by Crippen LogP contribution is 2.26. The van der Waals surface area contributed by atoms with E-state index < -0.39 is 0 Å². The summed E-state index contributed by atoms with van der Waals surface area (Å²) < 4.78 is 0. The van der Waals surface area contributed by atoms with Crippen molar-refractivity contribution in [2.24, 2.45) is 0 Å². The zero-order valence-corrected chi connectivity index (χ0v) is 11.4. The minimum atomic E-state index is 0.106. The zero-order valence-electron chi connectivity index (χ0n) is 11.4. The lowest BCUT2D eigenvalue weighted by molar-refractivity contribution is -0.108. The third-order valence-electron chi connectivity index (χ3n) is 3.43. The molecule has 102 valence electrons. The Hall–Kier alpha value is -2.22. The van der Waals surface area contributed by atoms with Gasteiger partial charge in [-0.15, -0.1) is 0 Å². The second kappa shape index (κ2) is 7.39. The van der Waals surface area contributed by atoms with Gasteiger partial charge in [-0.1, -0.05) is 60.7 Å². The van der Waals surface area contributed by atoms with Crippen molar-refractivity contribution in [2.45, 2.75) is 25.2 Å². The summed E-state index contributed by atoms with van der Waals surface area (Å²) in [5.74, 6) is 0.236. The van der Waals surface area contributed by atoms with Gasteiger partial charge in [-0.3, -0.25) is 4.79 Å². The van der Waals surface area contributed by atoms with Crippen molar-refractivity contribution in [2.75, 3.05) is 0 Å². The molecule has 0 aliphatic rings. The van der Waals surface area contributed by atoms with Gasteiger partial charge in [-0.05, 0) is 17.9 Å². The van der Waals surface area contributed by atoms with E-state index in [1.807, 2.05) is 60.7 Å². The van der Waals surface area contributed by atoms with Gasteiger partial charge in [0, 0.05) is 18.4 Å². The maximum absolute atomic E-state index is 12.3. The molecule has 0 saturated heterocycles. The van der Waals surface area contributed by atoms with Crippen LogP contribution in [-0.2, 0) is 4.79 Å². The molecule has 1 unspecified atom stereocenters. The fourth-order valence-corrected chi connectivity index (χ4v) is 2.35. The normalized spacial score (nSPS) is 11.8.